The summed E-state index contributed by atoms with van der Waals surface area (Å²) >= 11 is 0. The average Bonchev–Trinajstić information content (AvgIpc) is 3.18. The Morgan fingerprint density at radius 3 is 2.37 bits per heavy atom. The Labute approximate surface area is 176 Å². The van der Waals surface area contributed by atoms with Crippen LogP contribution in [0.4, 0.5) is 5.69 Å². The Morgan fingerprint density at radius 1 is 1.00 bits per heavy atom. The van der Waals surface area contributed by atoms with E-state index in [1.165, 1.54) is 7.11 Å². The molecule has 2 aromatic rings. The smallest absolute Gasteiger partial charge is 0.337 e. The number of esters is 1. The van der Waals surface area contributed by atoms with E-state index in [0.717, 1.165) is 16.8 Å². The van der Waals surface area contributed by atoms with Crippen LogP contribution in [0.2, 0.25) is 0 Å². The number of hydrogen-bond donors (Lipinski definition) is 0. The van der Waals surface area contributed by atoms with Gasteiger partial charge < -0.3 is 9.64 Å². The highest BCUT2D eigenvalue weighted by molar-refractivity contribution is 7.91. The van der Waals surface area contributed by atoms with Crippen LogP contribution in [0.1, 0.15) is 27.5 Å². The van der Waals surface area contributed by atoms with Gasteiger partial charge in [-0.2, -0.15) is 0 Å². The van der Waals surface area contributed by atoms with Gasteiger partial charge in [-0.3, -0.25) is 9.69 Å². The summed E-state index contributed by atoms with van der Waals surface area (Å²) in [6.07, 6.45) is 0.655. The molecule has 8 heteroatoms. The first-order chi connectivity index (χ1) is 14.4. The van der Waals surface area contributed by atoms with Gasteiger partial charge in [-0.25, -0.2) is 13.2 Å². The van der Waals surface area contributed by atoms with Gasteiger partial charge in [0, 0.05) is 25.3 Å². The van der Waals surface area contributed by atoms with Crippen molar-refractivity contribution in [3.63, 3.8) is 0 Å². The second-order valence-corrected chi connectivity index (χ2v) is 9.88. The molecule has 0 bridgehead atoms. The Balaban J connectivity index is 1.65. The van der Waals surface area contributed by atoms with Gasteiger partial charge in [0.05, 0.1) is 24.2 Å². The number of sulfone groups is 1. The largest absolute Gasteiger partial charge is 0.465 e. The molecule has 2 aromatic carbocycles. The predicted octanol–water partition coefficient (Wildman–Crippen LogP) is 1.83. The van der Waals surface area contributed by atoms with Gasteiger partial charge in [0.15, 0.2) is 9.84 Å². The quantitative estimate of drug-likeness (QED) is 0.691. The lowest BCUT2D eigenvalue weighted by Crippen LogP contribution is -2.48. The molecule has 0 N–H and O–H groups in total. The van der Waals surface area contributed by atoms with E-state index in [4.69, 9.17) is 4.74 Å². The molecule has 30 heavy (non-hydrogen) atoms. The number of amides is 1. The summed E-state index contributed by atoms with van der Waals surface area (Å²) in [5.74, 6) is -0.366. The molecule has 158 valence electrons. The van der Waals surface area contributed by atoms with Gasteiger partial charge in [-0.1, -0.05) is 30.3 Å². The number of carbonyl (C=O) groups is 2. The van der Waals surface area contributed by atoms with Crippen LogP contribution >= 0.6 is 0 Å². The van der Waals surface area contributed by atoms with Crippen LogP contribution in [0.25, 0.3) is 0 Å². The molecule has 2 aliphatic heterocycles. The van der Waals surface area contributed by atoms with Gasteiger partial charge in [0.1, 0.15) is 6.04 Å². The fourth-order valence-corrected chi connectivity index (χ4v) is 5.38. The molecule has 0 saturated carbocycles. The highest BCUT2D eigenvalue weighted by atomic mass is 32.2. The van der Waals surface area contributed by atoms with Gasteiger partial charge >= 0.3 is 5.97 Å². The van der Waals surface area contributed by atoms with Crippen molar-refractivity contribution in [2.45, 2.75) is 12.5 Å². The summed E-state index contributed by atoms with van der Waals surface area (Å²) in [6.45, 7) is 1.18. The SMILES string of the molecule is COC(=O)c1ccc2c(c1)CCN2C(=O)C(c1ccccc1)N1CCS(=O)(=O)CC1. The minimum atomic E-state index is -3.05. The van der Waals surface area contributed by atoms with E-state index < -0.39 is 21.8 Å². The molecule has 1 fully saturated rings. The molecule has 1 unspecified atom stereocenters. The van der Waals surface area contributed by atoms with Gasteiger partial charge in [0.2, 0.25) is 5.91 Å². The number of carbonyl (C=O) groups excluding carboxylic acids is 2. The van der Waals surface area contributed by atoms with Crippen molar-refractivity contribution in [3.8, 4) is 0 Å². The first-order valence-corrected chi connectivity index (χ1v) is 11.7. The zero-order valence-electron chi connectivity index (χ0n) is 16.8. The fourth-order valence-electron chi connectivity index (χ4n) is 4.15. The van der Waals surface area contributed by atoms with E-state index in [2.05, 4.69) is 0 Å². The number of ether oxygens (including phenoxy) is 1. The van der Waals surface area contributed by atoms with Crippen molar-refractivity contribution in [3.05, 3.63) is 65.2 Å². The van der Waals surface area contributed by atoms with E-state index in [1.54, 1.807) is 23.1 Å². The van der Waals surface area contributed by atoms with Crippen molar-refractivity contribution in [2.24, 2.45) is 0 Å². The maximum absolute atomic E-state index is 13.7. The van der Waals surface area contributed by atoms with Crippen LogP contribution in [0.5, 0.6) is 0 Å². The molecule has 2 heterocycles. The van der Waals surface area contributed by atoms with Crippen molar-refractivity contribution < 1.29 is 22.7 Å². The molecular formula is C22H24N2O5S. The molecule has 0 radical (unpaired) electrons. The lowest BCUT2D eigenvalue weighted by Gasteiger charge is -2.36. The molecule has 7 nitrogen and oxygen atoms in total. The first kappa shape index (κ1) is 20.6. The Morgan fingerprint density at radius 2 is 1.70 bits per heavy atom. The monoisotopic (exact) mass is 428 g/mol. The van der Waals surface area contributed by atoms with Crippen molar-refractivity contribution in [1.82, 2.24) is 4.90 Å². The van der Waals surface area contributed by atoms with Crippen LogP contribution in [-0.2, 0) is 25.8 Å². The third-order valence-corrected chi connectivity index (χ3v) is 7.36. The van der Waals surface area contributed by atoms with Gasteiger partial charge in [0.25, 0.3) is 0 Å². The highest BCUT2D eigenvalue weighted by Crippen LogP contribution is 2.34. The molecule has 0 spiro atoms. The molecule has 2 aliphatic rings. The molecule has 1 saturated heterocycles. The Hall–Kier alpha value is -2.71. The van der Waals surface area contributed by atoms with Crippen LogP contribution in [0.15, 0.2) is 48.5 Å². The van der Waals surface area contributed by atoms with Crippen molar-refractivity contribution >= 4 is 27.4 Å². The number of benzene rings is 2. The maximum Gasteiger partial charge on any atom is 0.337 e. The lowest BCUT2D eigenvalue weighted by molar-refractivity contribution is -0.124. The third-order valence-electron chi connectivity index (χ3n) is 5.76. The number of methoxy groups -OCH3 is 1. The minimum Gasteiger partial charge on any atom is -0.465 e. The van der Waals surface area contributed by atoms with Crippen LogP contribution < -0.4 is 4.90 Å². The number of rotatable bonds is 4. The third kappa shape index (κ3) is 3.97. The molecule has 1 atom stereocenters. The van der Waals surface area contributed by atoms with E-state index in [1.807, 2.05) is 35.2 Å². The van der Waals surface area contributed by atoms with Gasteiger partial charge in [-0.05, 0) is 35.7 Å². The predicted molar refractivity (Wildman–Crippen MR) is 113 cm³/mol. The summed E-state index contributed by atoms with van der Waals surface area (Å²) in [5.41, 5.74) is 3.03. The van der Waals surface area contributed by atoms with Crippen LogP contribution in [0.3, 0.4) is 0 Å². The van der Waals surface area contributed by atoms with Crippen molar-refractivity contribution in [2.75, 3.05) is 43.1 Å². The van der Waals surface area contributed by atoms with E-state index in [0.29, 0.717) is 31.6 Å². The molecule has 0 aromatic heterocycles. The van der Waals surface area contributed by atoms with Crippen LogP contribution in [-0.4, -0.2) is 63.4 Å². The zero-order chi connectivity index (χ0) is 21.3. The second kappa shape index (κ2) is 8.20. The first-order valence-electron chi connectivity index (χ1n) is 9.92. The number of nitrogens with zero attached hydrogens (tertiary/aromatic N) is 2. The fraction of sp³-hybridized carbons (Fsp3) is 0.364. The molecule has 0 aliphatic carbocycles. The Kier molecular flexibility index (Phi) is 5.62. The van der Waals surface area contributed by atoms with E-state index in [9.17, 15) is 18.0 Å². The molecule has 4 rings (SSSR count). The zero-order valence-corrected chi connectivity index (χ0v) is 17.6. The molecule has 1 amide bonds. The average molecular weight is 429 g/mol. The van der Waals surface area contributed by atoms with E-state index >= 15 is 0 Å². The summed E-state index contributed by atoms with van der Waals surface area (Å²) in [7, 11) is -1.71. The summed E-state index contributed by atoms with van der Waals surface area (Å²) in [5, 5.41) is 0. The standard InChI is InChI=1S/C22H24N2O5S/c1-29-22(26)18-7-8-19-17(15-18)9-10-24(19)21(25)20(16-5-3-2-4-6-16)23-11-13-30(27,28)14-12-23/h2-8,15,20H,9-14H2,1H3. The molecular weight excluding hydrogens is 404 g/mol. The van der Waals surface area contributed by atoms with Crippen LogP contribution in [0, 0.1) is 0 Å². The minimum absolute atomic E-state index is 0.0582. The highest BCUT2D eigenvalue weighted by Gasteiger charge is 2.37. The van der Waals surface area contributed by atoms with Crippen molar-refractivity contribution in [1.29, 1.82) is 0 Å². The van der Waals surface area contributed by atoms with E-state index in [-0.39, 0.29) is 17.4 Å². The Bertz CT molecular complexity index is 1050. The number of fused-ring (bicyclic) bond motifs is 1. The normalized spacial score (nSPS) is 19.2. The lowest BCUT2D eigenvalue weighted by atomic mass is 10.0. The second-order valence-electron chi connectivity index (χ2n) is 7.58. The number of hydrogen-bond acceptors (Lipinski definition) is 6. The maximum atomic E-state index is 13.7. The van der Waals surface area contributed by atoms with Gasteiger partial charge in [-0.15, -0.1) is 0 Å². The summed E-state index contributed by atoms with van der Waals surface area (Å²) in [4.78, 5) is 29.2. The summed E-state index contributed by atoms with van der Waals surface area (Å²) in [6, 6.07) is 14.2. The topological polar surface area (TPSA) is 84.0 Å². The number of anilines is 1. The summed E-state index contributed by atoms with van der Waals surface area (Å²) < 4.78 is 28.6.